The van der Waals surface area contributed by atoms with E-state index < -0.39 is 0 Å². The van der Waals surface area contributed by atoms with Crippen LogP contribution in [0.3, 0.4) is 0 Å². The Labute approximate surface area is 116 Å². The second-order valence-corrected chi connectivity index (χ2v) is 6.11. The number of piperazine rings is 1. The summed E-state index contributed by atoms with van der Waals surface area (Å²) in [7, 11) is 0. The van der Waals surface area contributed by atoms with Gasteiger partial charge in [0.05, 0.1) is 0 Å². The number of rotatable bonds is 4. The highest BCUT2D eigenvalue weighted by atomic mass is 16.3. The molecule has 19 heavy (non-hydrogen) atoms. The van der Waals surface area contributed by atoms with Crippen LogP contribution in [0.1, 0.15) is 38.3 Å². The molecule has 1 heterocycles. The smallest absolute Gasteiger partial charge is 0.120 e. The first-order valence-electron chi connectivity index (χ1n) is 7.28. The largest absolute Gasteiger partial charge is 0.508 e. The molecule has 1 aromatic rings. The topological polar surface area (TPSA) is 35.5 Å². The molecule has 0 atom stereocenters. The molecular weight excluding hydrogens is 236 g/mol. The highest BCUT2D eigenvalue weighted by molar-refractivity contribution is 5.39. The van der Waals surface area contributed by atoms with E-state index in [1.807, 2.05) is 6.07 Å². The average molecular weight is 262 g/mol. The zero-order chi connectivity index (χ0) is 13.9. The zero-order valence-corrected chi connectivity index (χ0v) is 12.4. The van der Waals surface area contributed by atoms with Gasteiger partial charge in [0.15, 0.2) is 0 Å². The predicted octanol–water partition coefficient (Wildman–Crippen LogP) is 2.49. The first kappa shape index (κ1) is 14.4. The minimum atomic E-state index is 0.173. The number of hydrogen-bond acceptors (Lipinski definition) is 3. The van der Waals surface area contributed by atoms with Crippen LogP contribution in [0.4, 0.5) is 0 Å². The van der Waals surface area contributed by atoms with Gasteiger partial charge in [0.25, 0.3) is 0 Å². The molecule has 1 aliphatic rings. The van der Waals surface area contributed by atoms with Crippen LogP contribution in [-0.4, -0.2) is 36.2 Å². The number of nitrogens with one attached hydrogen (secondary N) is 1. The van der Waals surface area contributed by atoms with Crippen LogP contribution >= 0.6 is 0 Å². The van der Waals surface area contributed by atoms with Crippen molar-refractivity contribution in [3.05, 3.63) is 29.3 Å². The van der Waals surface area contributed by atoms with E-state index in [1.165, 1.54) is 5.56 Å². The molecule has 2 N–H and O–H groups in total. The van der Waals surface area contributed by atoms with Gasteiger partial charge in [-0.05, 0) is 23.5 Å². The summed E-state index contributed by atoms with van der Waals surface area (Å²) in [6.45, 7) is 11.8. The summed E-state index contributed by atoms with van der Waals surface area (Å²) in [5.41, 5.74) is 2.55. The van der Waals surface area contributed by atoms with Gasteiger partial charge >= 0.3 is 0 Å². The van der Waals surface area contributed by atoms with Crippen LogP contribution in [0.5, 0.6) is 5.75 Å². The molecular formula is C16H26N2O. The normalized spacial score (nSPS) is 17.6. The third kappa shape index (κ3) is 3.48. The number of hydrogen-bond donors (Lipinski definition) is 2. The summed E-state index contributed by atoms with van der Waals surface area (Å²) in [6, 6.07) is 6.09. The van der Waals surface area contributed by atoms with Gasteiger partial charge in [-0.25, -0.2) is 0 Å². The van der Waals surface area contributed by atoms with Crippen molar-refractivity contribution in [3.63, 3.8) is 0 Å². The summed E-state index contributed by atoms with van der Waals surface area (Å²) < 4.78 is 0. The lowest BCUT2D eigenvalue weighted by Gasteiger charge is -2.29. The number of phenolic OH excluding ortho intramolecular Hbond substituents is 1. The van der Waals surface area contributed by atoms with Crippen molar-refractivity contribution in [2.45, 2.75) is 39.2 Å². The van der Waals surface area contributed by atoms with E-state index in [4.69, 9.17) is 0 Å². The molecule has 1 aliphatic heterocycles. The van der Waals surface area contributed by atoms with Gasteiger partial charge < -0.3 is 10.4 Å². The second kappa shape index (κ2) is 5.93. The van der Waals surface area contributed by atoms with Gasteiger partial charge in [-0.3, -0.25) is 4.90 Å². The lowest BCUT2D eigenvalue weighted by molar-refractivity contribution is 0.230. The van der Waals surface area contributed by atoms with Crippen molar-refractivity contribution in [1.29, 1.82) is 0 Å². The lowest BCUT2D eigenvalue weighted by atomic mass is 9.81. The first-order chi connectivity index (χ1) is 9.03. The first-order valence-corrected chi connectivity index (χ1v) is 7.28. The van der Waals surface area contributed by atoms with E-state index in [2.05, 4.69) is 43.1 Å². The molecule has 1 saturated heterocycles. The Kier molecular flexibility index (Phi) is 4.48. The summed E-state index contributed by atoms with van der Waals surface area (Å²) in [5, 5.41) is 13.4. The summed E-state index contributed by atoms with van der Waals surface area (Å²) in [5.74, 6) is 0.425. The van der Waals surface area contributed by atoms with E-state index >= 15 is 0 Å². The van der Waals surface area contributed by atoms with Gasteiger partial charge in [-0.15, -0.1) is 0 Å². The number of benzene rings is 1. The fraction of sp³-hybridized carbons (Fsp3) is 0.625. The van der Waals surface area contributed by atoms with Crippen LogP contribution in [0.2, 0.25) is 0 Å². The SMILES string of the molecule is CCC(C)(C)c1ccc(O)c(CN2CCNCC2)c1. The standard InChI is InChI=1S/C16H26N2O/c1-4-16(2,3)14-5-6-15(19)13(11-14)12-18-9-7-17-8-10-18/h5-6,11,17,19H,4,7-10,12H2,1-3H3. The Hall–Kier alpha value is -1.06. The van der Waals surface area contributed by atoms with Crippen LogP contribution in [0.25, 0.3) is 0 Å². The van der Waals surface area contributed by atoms with E-state index in [-0.39, 0.29) is 5.41 Å². The average Bonchev–Trinajstić information content (AvgIpc) is 2.42. The second-order valence-electron chi connectivity index (χ2n) is 6.11. The molecule has 0 amide bonds. The maximum Gasteiger partial charge on any atom is 0.120 e. The van der Waals surface area contributed by atoms with Gasteiger partial charge in [-0.2, -0.15) is 0 Å². The van der Waals surface area contributed by atoms with Crippen LogP contribution in [-0.2, 0) is 12.0 Å². The summed E-state index contributed by atoms with van der Waals surface area (Å²) in [4.78, 5) is 2.40. The van der Waals surface area contributed by atoms with E-state index in [0.717, 1.165) is 44.7 Å². The zero-order valence-electron chi connectivity index (χ0n) is 12.4. The summed E-state index contributed by atoms with van der Waals surface area (Å²) >= 11 is 0. The van der Waals surface area contributed by atoms with E-state index in [1.54, 1.807) is 0 Å². The van der Waals surface area contributed by atoms with Crippen LogP contribution < -0.4 is 5.32 Å². The molecule has 0 spiro atoms. The van der Waals surface area contributed by atoms with E-state index in [9.17, 15) is 5.11 Å². The number of aromatic hydroxyl groups is 1. The fourth-order valence-electron chi connectivity index (χ4n) is 2.45. The van der Waals surface area contributed by atoms with Gasteiger partial charge in [0.1, 0.15) is 5.75 Å². The molecule has 0 aliphatic carbocycles. The maximum absolute atomic E-state index is 10.1. The molecule has 0 unspecified atom stereocenters. The van der Waals surface area contributed by atoms with Crippen molar-refractivity contribution < 1.29 is 5.11 Å². The van der Waals surface area contributed by atoms with Crippen molar-refractivity contribution >= 4 is 0 Å². The van der Waals surface area contributed by atoms with Crippen molar-refractivity contribution in [2.75, 3.05) is 26.2 Å². The summed E-state index contributed by atoms with van der Waals surface area (Å²) in [6.07, 6.45) is 1.10. The molecule has 3 heteroatoms. The third-order valence-electron chi connectivity index (χ3n) is 4.35. The molecule has 106 valence electrons. The lowest BCUT2D eigenvalue weighted by Crippen LogP contribution is -2.42. The Morgan fingerprint density at radius 1 is 1.26 bits per heavy atom. The third-order valence-corrected chi connectivity index (χ3v) is 4.35. The predicted molar refractivity (Wildman–Crippen MR) is 79.6 cm³/mol. The highest BCUT2D eigenvalue weighted by Gasteiger charge is 2.20. The molecule has 1 aromatic carbocycles. The van der Waals surface area contributed by atoms with E-state index in [0.29, 0.717) is 5.75 Å². The van der Waals surface area contributed by atoms with Crippen molar-refractivity contribution in [2.24, 2.45) is 0 Å². The highest BCUT2D eigenvalue weighted by Crippen LogP contribution is 2.30. The Bertz CT molecular complexity index is 423. The molecule has 0 aromatic heterocycles. The Morgan fingerprint density at radius 3 is 2.58 bits per heavy atom. The maximum atomic E-state index is 10.1. The van der Waals surface area contributed by atoms with Crippen LogP contribution in [0.15, 0.2) is 18.2 Å². The molecule has 1 fully saturated rings. The van der Waals surface area contributed by atoms with Crippen molar-refractivity contribution in [1.82, 2.24) is 10.2 Å². The van der Waals surface area contributed by atoms with Gasteiger partial charge in [0, 0.05) is 38.3 Å². The van der Waals surface area contributed by atoms with Crippen LogP contribution in [0, 0.1) is 0 Å². The Balaban J connectivity index is 2.17. The molecule has 0 saturated carbocycles. The molecule has 3 nitrogen and oxygen atoms in total. The fourth-order valence-corrected chi connectivity index (χ4v) is 2.45. The minimum Gasteiger partial charge on any atom is -0.508 e. The van der Waals surface area contributed by atoms with Gasteiger partial charge in [-0.1, -0.05) is 32.9 Å². The number of nitrogens with zero attached hydrogens (tertiary/aromatic N) is 1. The molecule has 2 rings (SSSR count). The quantitative estimate of drug-likeness (QED) is 0.875. The Morgan fingerprint density at radius 2 is 1.95 bits per heavy atom. The number of phenols is 1. The van der Waals surface area contributed by atoms with Crippen molar-refractivity contribution in [3.8, 4) is 5.75 Å². The van der Waals surface area contributed by atoms with Gasteiger partial charge in [0.2, 0.25) is 0 Å². The molecule has 0 radical (unpaired) electrons. The minimum absolute atomic E-state index is 0.173. The monoisotopic (exact) mass is 262 g/mol. The molecule has 0 bridgehead atoms.